The Morgan fingerprint density at radius 3 is 2.26 bits per heavy atom. The second kappa shape index (κ2) is 8.81. The Bertz CT molecular complexity index is 820. The molecular weight excluding hydrogens is 367 g/mol. The maximum atomic E-state index is 12.8. The zero-order valence-corrected chi connectivity index (χ0v) is 15.4. The van der Waals surface area contributed by atoms with Crippen LogP contribution in [0.1, 0.15) is 32.7 Å². The highest BCUT2D eigenvalue weighted by atomic mass is 32.2. The molecule has 2 aromatic rings. The quantitative estimate of drug-likeness (QED) is 0.560. The van der Waals surface area contributed by atoms with E-state index in [1.165, 1.54) is 28.8 Å². The summed E-state index contributed by atoms with van der Waals surface area (Å²) in [5.41, 5.74) is 1.74. The molecule has 140 valence electrons. The van der Waals surface area contributed by atoms with Crippen molar-refractivity contribution in [1.82, 2.24) is 10.2 Å². The van der Waals surface area contributed by atoms with Crippen LogP contribution in [0.2, 0.25) is 0 Å². The lowest BCUT2D eigenvalue weighted by Crippen LogP contribution is -2.31. The summed E-state index contributed by atoms with van der Waals surface area (Å²) in [5.74, 6) is 0.0415. The molecule has 0 saturated heterocycles. The maximum absolute atomic E-state index is 12.8. The van der Waals surface area contributed by atoms with Gasteiger partial charge in [0, 0.05) is 13.1 Å². The van der Waals surface area contributed by atoms with E-state index in [2.05, 4.69) is 5.32 Å². The van der Waals surface area contributed by atoms with E-state index in [-0.39, 0.29) is 23.5 Å². The number of imide groups is 1. The Balaban J connectivity index is 1.34. The van der Waals surface area contributed by atoms with Gasteiger partial charge in [-0.05, 0) is 42.0 Å². The molecule has 1 aliphatic heterocycles. The van der Waals surface area contributed by atoms with Crippen LogP contribution in [0, 0.1) is 5.82 Å². The van der Waals surface area contributed by atoms with Gasteiger partial charge in [-0.15, -0.1) is 0 Å². The van der Waals surface area contributed by atoms with Crippen LogP contribution in [0.25, 0.3) is 0 Å². The van der Waals surface area contributed by atoms with E-state index in [1.54, 1.807) is 36.4 Å². The van der Waals surface area contributed by atoms with E-state index < -0.39 is 0 Å². The normalized spacial score (nSPS) is 13.0. The smallest absolute Gasteiger partial charge is 0.261 e. The number of amides is 3. The summed E-state index contributed by atoms with van der Waals surface area (Å²) in [6.45, 7) is 0.700. The molecule has 0 aliphatic carbocycles. The summed E-state index contributed by atoms with van der Waals surface area (Å²) in [5, 5.41) is 2.78. The first kappa shape index (κ1) is 19.1. The van der Waals surface area contributed by atoms with E-state index in [0.717, 1.165) is 5.56 Å². The van der Waals surface area contributed by atoms with E-state index in [1.807, 2.05) is 0 Å². The summed E-state index contributed by atoms with van der Waals surface area (Å²) >= 11 is 1.45. The Hall–Kier alpha value is -2.67. The minimum absolute atomic E-state index is 0.106. The largest absolute Gasteiger partial charge is 0.351 e. The average molecular weight is 386 g/mol. The number of nitrogens with zero attached hydrogens (tertiary/aromatic N) is 1. The molecule has 7 heteroatoms. The Kier molecular flexibility index (Phi) is 6.24. The molecule has 27 heavy (non-hydrogen) atoms. The highest BCUT2D eigenvalue weighted by Crippen LogP contribution is 2.22. The monoisotopic (exact) mass is 386 g/mol. The standard InChI is InChI=1S/C20H19FN2O3S/c21-15-8-6-14(7-9-15)12-22-18(24)13-27-11-3-10-23-19(25)16-4-1-2-5-17(16)20(23)26/h1-2,4-9H,3,10-13H2,(H,22,24). The number of carbonyl (C=O) groups is 3. The molecule has 0 bridgehead atoms. The molecule has 3 rings (SSSR count). The van der Waals surface area contributed by atoms with Gasteiger partial charge in [-0.2, -0.15) is 11.8 Å². The molecular formula is C20H19FN2O3S. The van der Waals surface area contributed by atoms with Crippen LogP contribution in [-0.2, 0) is 11.3 Å². The van der Waals surface area contributed by atoms with Gasteiger partial charge in [0.05, 0.1) is 16.9 Å². The van der Waals surface area contributed by atoms with Crippen LogP contribution in [0.5, 0.6) is 0 Å². The molecule has 2 aromatic carbocycles. The Morgan fingerprint density at radius 1 is 1.00 bits per heavy atom. The second-order valence-electron chi connectivity index (χ2n) is 6.12. The van der Waals surface area contributed by atoms with Gasteiger partial charge in [-0.1, -0.05) is 24.3 Å². The first-order valence-electron chi connectivity index (χ1n) is 8.60. The third kappa shape index (κ3) is 4.74. The predicted octanol–water partition coefficient (Wildman–Crippen LogP) is 2.86. The Labute approximate surface area is 160 Å². The fraction of sp³-hybridized carbons (Fsp3) is 0.250. The van der Waals surface area contributed by atoms with E-state index >= 15 is 0 Å². The zero-order valence-electron chi connectivity index (χ0n) is 14.6. The van der Waals surface area contributed by atoms with E-state index in [4.69, 9.17) is 0 Å². The van der Waals surface area contributed by atoms with Crippen LogP contribution in [-0.4, -0.2) is 40.7 Å². The topological polar surface area (TPSA) is 66.5 Å². The summed E-state index contributed by atoms with van der Waals surface area (Å²) < 4.78 is 12.8. The molecule has 0 unspecified atom stereocenters. The number of rotatable bonds is 8. The summed E-state index contributed by atoms with van der Waals surface area (Å²) in [4.78, 5) is 37.6. The first-order valence-corrected chi connectivity index (χ1v) is 9.76. The molecule has 3 amide bonds. The number of carbonyl (C=O) groups excluding carboxylic acids is 3. The molecule has 0 atom stereocenters. The van der Waals surface area contributed by atoms with Gasteiger partial charge in [0.1, 0.15) is 5.82 Å². The van der Waals surface area contributed by atoms with Crippen molar-refractivity contribution in [3.8, 4) is 0 Å². The van der Waals surface area contributed by atoms with Crippen molar-refractivity contribution >= 4 is 29.5 Å². The second-order valence-corrected chi connectivity index (χ2v) is 7.22. The number of benzene rings is 2. The molecule has 0 radical (unpaired) electrons. The van der Waals surface area contributed by atoms with Crippen LogP contribution < -0.4 is 5.32 Å². The fourth-order valence-electron chi connectivity index (χ4n) is 2.79. The van der Waals surface area contributed by atoms with Crippen molar-refractivity contribution in [3.05, 3.63) is 71.0 Å². The summed E-state index contributed by atoms with van der Waals surface area (Å²) in [6.07, 6.45) is 0.626. The van der Waals surface area contributed by atoms with Gasteiger partial charge in [0.2, 0.25) is 5.91 Å². The van der Waals surface area contributed by atoms with Crippen molar-refractivity contribution < 1.29 is 18.8 Å². The third-order valence-corrected chi connectivity index (χ3v) is 5.23. The molecule has 5 nitrogen and oxygen atoms in total. The lowest BCUT2D eigenvalue weighted by Gasteiger charge is -2.13. The summed E-state index contributed by atoms with van der Waals surface area (Å²) in [7, 11) is 0. The van der Waals surface area contributed by atoms with Crippen molar-refractivity contribution in [2.45, 2.75) is 13.0 Å². The van der Waals surface area contributed by atoms with Gasteiger partial charge in [-0.3, -0.25) is 19.3 Å². The molecule has 1 aliphatic rings. The maximum Gasteiger partial charge on any atom is 0.261 e. The number of nitrogens with one attached hydrogen (secondary N) is 1. The lowest BCUT2D eigenvalue weighted by molar-refractivity contribution is -0.118. The zero-order chi connectivity index (χ0) is 19.2. The van der Waals surface area contributed by atoms with Gasteiger partial charge in [-0.25, -0.2) is 4.39 Å². The molecule has 0 aromatic heterocycles. The van der Waals surface area contributed by atoms with Gasteiger partial charge >= 0.3 is 0 Å². The Morgan fingerprint density at radius 2 is 1.63 bits per heavy atom. The van der Waals surface area contributed by atoms with Crippen molar-refractivity contribution in [2.24, 2.45) is 0 Å². The predicted molar refractivity (Wildman–Crippen MR) is 102 cm³/mol. The van der Waals surface area contributed by atoms with Crippen LogP contribution in [0.15, 0.2) is 48.5 Å². The van der Waals surface area contributed by atoms with Gasteiger partial charge in [0.25, 0.3) is 11.8 Å². The van der Waals surface area contributed by atoms with Gasteiger partial charge < -0.3 is 5.32 Å². The number of halogens is 1. The van der Waals surface area contributed by atoms with E-state index in [0.29, 0.717) is 42.1 Å². The summed E-state index contributed by atoms with van der Waals surface area (Å²) in [6, 6.07) is 12.8. The minimum atomic E-state index is -0.307. The molecule has 1 N–H and O–H groups in total. The first-order chi connectivity index (χ1) is 13.1. The van der Waals surface area contributed by atoms with E-state index in [9.17, 15) is 18.8 Å². The van der Waals surface area contributed by atoms with Crippen LogP contribution in [0.4, 0.5) is 4.39 Å². The highest BCUT2D eigenvalue weighted by Gasteiger charge is 2.34. The van der Waals surface area contributed by atoms with Crippen molar-refractivity contribution in [3.63, 3.8) is 0 Å². The molecule has 0 saturated carbocycles. The minimum Gasteiger partial charge on any atom is -0.351 e. The average Bonchev–Trinajstić information content (AvgIpc) is 2.92. The molecule has 1 heterocycles. The molecule has 0 spiro atoms. The van der Waals surface area contributed by atoms with Crippen molar-refractivity contribution in [1.29, 1.82) is 0 Å². The molecule has 0 fully saturated rings. The van der Waals surface area contributed by atoms with Crippen LogP contribution >= 0.6 is 11.8 Å². The lowest BCUT2D eigenvalue weighted by atomic mass is 10.1. The van der Waals surface area contributed by atoms with Crippen LogP contribution in [0.3, 0.4) is 0 Å². The third-order valence-electron chi connectivity index (χ3n) is 4.18. The highest BCUT2D eigenvalue weighted by molar-refractivity contribution is 7.99. The number of hydrogen-bond acceptors (Lipinski definition) is 4. The number of thioether (sulfide) groups is 1. The number of fused-ring (bicyclic) bond motifs is 1. The number of hydrogen-bond donors (Lipinski definition) is 1. The van der Waals surface area contributed by atoms with Crippen molar-refractivity contribution in [2.75, 3.05) is 18.1 Å². The fourth-order valence-corrected chi connectivity index (χ4v) is 3.55. The SMILES string of the molecule is O=C(CSCCCN1C(=O)c2ccccc2C1=O)NCc1ccc(F)cc1. The van der Waals surface area contributed by atoms with Gasteiger partial charge in [0.15, 0.2) is 0 Å².